The lowest BCUT2D eigenvalue weighted by atomic mass is 10.1. The van der Waals surface area contributed by atoms with Crippen LogP contribution in [0.1, 0.15) is 27.6 Å². The number of carboxylic acid groups (broad SMARTS) is 1. The quantitative estimate of drug-likeness (QED) is 0.490. The molecule has 0 aliphatic heterocycles. The van der Waals surface area contributed by atoms with Gasteiger partial charge in [0.15, 0.2) is 0 Å². The Bertz CT molecular complexity index is 801. The molecule has 2 rings (SSSR count). The topological polar surface area (TPSA) is 116 Å². The Kier molecular flexibility index (Phi) is 5.10. The van der Waals surface area contributed by atoms with Gasteiger partial charge in [-0.3, -0.25) is 10.1 Å². The smallest absolute Gasteiger partial charge is 0.339 e. The zero-order valence-electron chi connectivity index (χ0n) is 12.6. The van der Waals surface area contributed by atoms with E-state index in [2.05, 4.69) is 0 Å². The van der Waals surface area contributed by atoms with Crippen LogP contribution in [-0.2, 0) is 4.74 Å². The molecular formula is C16H13NO7. The molecule has 0 heterocycles. The number of ether oxygens (including phenoxy) is 2. The molecule has 0 radical (unpaired) electrons. The SMILES string of the molecule is CCOC(=O)c1ccc(Oc2ccccc2[N+](=O)[O-])c(C(=O)O)c1. The van der Waals surface area contributed by atoms with E-state index in [1.54, 1.807) is 6.92 Å². The van der Waals surface area contributed by atoms with Gasteiger partial charge >= 0.3 is 17.6 Å². The summed E-state index contributed by atoms with van der Waals surface area (Å²) in [6.45, 7) is 1.78. The van der Waals surface area contributed by atoms with Crippen LogP contribution in [0.5, 0.6) is 11.5 Å². The van der Waals surface area contributed by atoms with E-state index in [0.29, 0.717) is 0 Å². The Morgan fingerprint density at radius 1 is 1.17 bits per heavy atom. The van der Waals surface area contributed by atoms with E-state index in [0.717, 1.165) is 6.07 Å². The van der Waals surface area contributed by atoms with Crippen molar-refractivity contribution in [3.63, 3.8) is 0 Å². The van der Waals surface area contributed by atoms with E-state index in [1.807, 2.05) is 0 Å². The van der Waals surface area contributed by atoms with E-state index in [4.69, 9.17) is 9.47 Å². The second-order valence-electron chi connectivity index (χ2n) is 4.56. The molecular weight excluding hydrogens is 318 g/mol. The van der Waals surface area contributed by atoms with E-state index < -0.39 is 16.9 Å². The Morgan fingerprint density at radius 3 is 2.50 bits per heavy atom. The van der Waals surface area contributed by atoms with Crippen molar-refractivity contribution < 1.29 is 29.1 Å². The van der Waals surface area contributed by atoms with E-state index in [9.17, 15) is 24.8 Å². The first-order chi connectivity index (χ1) is 11.4. The number of carbonyl (C=O) groups excluding carboxylic acids is 1. The van der Waals surface area contributed by atoms with Crippen molar-refractivity contribution in [2.24, 2.45) is 0 Å². The number of hydrogen-bond donors (Lipinski definition) is 1. The number of carbonyl (C=O) groups is 2. The maximum absolute atomic E-state index is 11.7. The second-order valence-corrected chi connectivity index (χ2v) is 4.56. The van der Waals surface area contributed by atoms with Crippen molar-refractivity contribution in [1.82, 2.24) is 0 Å². The molecule has 8 heteroatoms. The number of para-hydroxylation sites is 2. The van der Waals surface area contributed by atoms with Crippen LogP contribution in [0.25, 0.3) is 0 Å². The summed E-state index contributed by atoms with van der Waals surface area (Å²) >= 11 is 0. The highest BCUT2D eigenvalue weighted by molar-refractivity contribution is 5.96. The molecule has 1 N–H and O–H groups in total. The summed E-state index contributed by atoms with van der Waals surface area (Å²) < 4.78 is 10.2. The van der Waals surface area contributed by atoms with Gasteiger partial charge in [-0.2, -0.15) is 0 Å². The Hall–Kier alpha value is -3.42. The van der Waals surface area contributed by atoms with Gasteiger partial charge < -0.3 is 14.6 Å². The van der Waals surface area contributed by atoms with Crippen LogP contribution in [0, 0.1) is 10.1 Å². The summed E-state index contributed by atoms with van der Waals surface area (Å²) in [6, 6.07) is 9.26. The van der Waals surface area contributed by atoms with E-state index in [1.165, 1.54) is 36.4 Å². The number of nitrogens with zero attached hydrogens (tertiary/aromatic N) is 1. The molecule has 0 fully saturated rings. The van der Waals surface area contributed by atoms with Crippen LogP contribution in [0.4, 0.5) is 5.69 Å². The number of hydrogen-bond acceptors (Lipinski definition) is 6. The average molecular weight is 331 g/mol. The monoisotopic (exact) mass is 331 g/mol. The van der Waals surface area contributed by atoms with Gasteiger partial charge in [0.1, 0.15) is 11.3 Å². The minimum absolute atomic E-state index is 0.0455. The fourth-order valence-electron chi connectivity index (χ4n) is 1.94. The summed E-state index contributed by atoms with van der Waals surface area (Å²) in [5.74, 6) is -2.23. The van der Waals surface area contributed by atoms with Gasteiger partial charge in [0.2, 0.25) is 5.75 Å². The maximum atomic E-state index is 11.7. The van der Waals surface area contributed by atoms with Crippen LogP contribution >= 0.6 is 0 Å². The van der Waals surface area contributed by atoms with E-state index >= 15 is 0 Å². The summed E-state index contributed by atoms with van der Waals surface area (Å²) in [4.78, 5) is 33.4. The zero-order valence-corrected chi connectivity index (χ0v) is 12.6. The highest BCUT2D eigenvalue weighted by Crippen LogP contribution is 2.33. The third-order valence-electron chi connectivity index (χ3n) is 3.00. The molecule has 0 amide bonds. The molecule has 2 aromatic carbocycles. The fraction of sp³-hybridized carbons (Fsp3) is 0.125. The highest BCUT2D eigenvalue weighted by atomic mass is 16.6. The Labute approximate surface area is 136 Å². The molecule has 2 aromatic rings. The number of nitro groups is 1. The molecule has 0 saturated carbocycles. The first-order valence-electron chi connectivity index (χ1n) is 6.89. The lowest BCUT2D eigenvalue weighted by Gasteiger charge is -2.10. The first-order valence-corrected chi connectivity index (χ1v) is 6.89. The number of aromatic carboxylic acids is 1. The third-order valence-corrected chi connectivity index (χ3v) is 3.00. The van der Waals surface area contributed by atoms with Gasteiger partial charge in [-0.05, 0) is 31.2 Å². The summed E-state index contributed by atoms with van der Waals surface area (Å²) in [6.07, 6.45) is 0. The minimum Gasteiger partial charge on any atom is -0.478 e. The van der Waals surface area contributed by atoms with Gasteiger partial charge in [-0.1, -0.05) is 12.1 Å². The summed E-state index contributed by atoms with van der Waals surface area (Å²) in [5, 5.41) is 20.3. The number of carboxylic acids is 1. The lowest BCUT2D eigenvalue weighted by Crippen LogP contribution is -2.08. The Balaban J connectivity index is 2.42. The van der Waals surface area contributed by atoms with Crippen molar-refractivity contribution >= 4 is 17.6 Å². The molecule has 8 nitrogen and oxygen atoms in total. The van der Waals surface area contributed by atoms with Crippen LogP contribution in [0.15, 0.2) is 42.5 Å². The van der Waals surface area contributed by atoms with Gasteiger partial charge in [-0.15, -0.1) is 0 Å². The van der Waals surface area contributed by atoms with Gasteiger partial charge in [0.25, 0.3) is 0 Å². The van der Waals surface area contributed by atoms with Crippen LogP contribution < -0.4 is 4.74 Å². The van der Waals surface area contributed by atoms with Crippen LogP contribution in [-0.4, -0.2) is 28.6 Å². The van der Waals surface area contributed by atoms with Crippen molar-refractivity contribution in [1.29, 1.82) is 0 Å². The largest absolute Gasteiger partial charge is 0.478 e. The molecule has 0 spiro atoms. The van der Waals surface area contributed by atoms with Crippen LogP contribution in [0.3, 0.4) is 0 Å². The molecule has 24 heavy (non-hydrogen) atoms. The molecule has 124 valence electrons. The number of rotatable bonds is 6. The summed E-state index contributed by atoms with van der Waals surface area (Å²) in [7, 11) is 0. The Morgan fingerprint density at radius 2 is 1.88 bits per heavy atom. The normalized spacial score (nSPS) is 10.0. The van der Waals surface area contributed by atoms with Gasteiger partial charge in [0, 0.05) is 6.07 Å². The van der Waals surface area contributed by atoms with Crippen molar-refractivity contribution in [3.8, 4) is 11.5 Å². The summed E-state index contributed by atoms with van der Waals surface area (Å²) in [5.41, 5.74) is -0.564. The third kappa shape index (κ3) is 3.67. The highest BCUT2D eigenvalue weighted by Gasteiger charge is 2.20. The molecule has 0 atom stereocenters. The molecule has 0 bridgehead atoms. The van der Waals surface area contributed by atoms with Crippen molar-refractivity contribution in [3.05, 3.63) is 63.7 Å². The standard InChI is InChI=1S/C16H13NO7/c1-2-23-16(20)10-7-8-13(11(9-10)15(18)19)24-14-6-4-3-5-12(14)17(21)22/h3-9H,2H2,1H3,(H,18,19). The molecule has 0 aliphatic carbocycles. The minimum atomic E-state index is -1.34. The number of benzene rings is 2. The second kappa shape index (κ2) is 7.23. The van der Waals surface area contributed by atoms with Gasteiger partial charge in [-0.25, -0.2) is 9.59 Å². The molecule has 0 aromatic heterocycles. The first kappa shape index (κ1) is 16.9. The number of esters is 1. The van der Waals surface area contributed by atoms with Crippen molar-refractivity contribution in [2.45, 2.75) is 6.92 Å². The predicted molar refractivity (Wildman–Crippen MR) is 82.5 cm³/mol. The molecule has 0 saturated heterocycles. The fourth-order valence-corrected chi connectivity index (χ4v) is 1.94. The van der Waals surface area contributed by atoms with E-state index in [-0.39, 0.29) is 34.9 Å². The molecule has 0 aliphatic rings. The predicted octanol–water partition coefficient (Wildman–Crippen LogP) is 3.26. The van der Waals surface area contributed by atoms with Crippen LogP contribution in [0.2, 0.25) is 0 Å². The lowest BCUT2D eigenvalue weighted by molar-refractivity contribution is -0.385. The maximum Gasteiger partial charge on any atom is 0.339 e. The zero-order chi connectivity index (χ0) is 17.7. The van der Waals surface area contributed by atoms with Crippen molar-refractivity contribution in [2.75, 3.05) is 6.61 Å². The number of nitro benzene ring substituents is 1. The molecule has 0 unspecified atom stereocenters. The van der Waals surface area contributed by atoms with Gasteiger partial charge in [0.05, 0.1) is 17.1 Å². The average Bonchev–Trinajstić information content (AvgIpc) is 2.55.